The zero-order valence-corrected chi connectivity index (χ0v) is 8.69. The van der Waals surface area contributed by atoms with Gasteiger partial charge < -0.3 is 10.1 Å². The van der Waals surface area contributed by atoms with Gasteiger partial charge in [0.1, 0.15) is 5.60 Å². The van der Waals surface area contributed by atoms with E-state index in [1.807, 2.05) is 0 Å². The summed E-state index contributed by atoms with van der Waals surface area (Å²) < 4.78 is 5.70. The Morgan fingerprint density at radius 3 is 2.00 bits per heavy atom. The average molecular weight is 169 g/mol. The smallest absolute Gasteiger partial charge is 0.117 e. The number of rotatable bonds is 3. The van der Waals surface area contributed by atoms with Crippen LogP contribution in [0.15, 0.2) is 12.8 Å². The Balaban J connectivity index is 2.77. The standard InChI is InChI=1S/C10H19NO/c1-7-11-8(2,3)10(6)9(4,5)12-10/h7,11H,1H2,2-6H3. The third kappa shape index (κ3) is 1.06. The van der Waals surface area contributed by atoms with E-state index in [-0.39, 0.29) is 16.7 Å². The molecule has 0 aromatic rings. The zero-order chi connectivity index (χ0) is 9.62. The highest BCUT2D eigenvalue weighted by Gasteiger charge is 2.67. The quantitative estimate of drug-likeness (QED) is 0.654. The molecule has 1 aliphatic rings. The van der Waals surface area contributed by atoms with Gasteiger partial charge in [-0.15, -0.1) is 0 Å². The summed E-state index contributed by atoms with van der Waals surface area (Å²) in [6, 6.07) is 0. The molecule has 2 heteroatoms. The van der Waals surface area contributed by atoms with Gasteiger partial charge in [0.05, 0.1) is 11.1 Å². The fourth-order valence-corrected chi connectivity index (χ4v) is 1.76. The maximum atomic E-state index is 5.70. The normalized spacial score (nSPS) is 32.8. The Morgan fingerprint density at radius 2 is 1.75 bits per heavy atom. The summed E-state index contributed by atoms with van der Waals surface area (Å²) in [7, 11) is 0. The van der Waals surface area contributed by atoms with Gasteiger partial charge in [-0.1, -0.05) is 6.58 Å². The molecule has 1 N–H and O–H groups in total. The van der Waals surface area contributed by atoms with Crippen LogP contribution in [0.4, 0.5) is 0 Å². The molecule has 0 aromatic carbocycles. The number of epoxide rings is 1. The highest BCUT2D eigenvalue weighted by atomic mass is 16.6. The molecule has 1 heterocycles. The van der Waals surface area contributed by atoms with Crippen LogP contribution < -0.4 is 5.32 Å². The average Bonchev–Trinajstić information content (AvgIpc) is 2.34. The molecule has 0 amide bonds. The van der Waals surface area contributed by atoms with Gasteiger partial charge in [0.2, 0.25) is 0 Å². The second-order valence-electron chi connectivity index (χ2n) is 4.62. The van der Waals surface area contributed by atoms with Crippen molar-refractivity contribution in [1.82, 2.24) is 5.32 Å². The zero-order valence-electron chi connectivity index (χ0n) is 8.69. The molecule has 0 aliphatic carbocycles. The molecule has 1 unspecified atom stereocenters. The third-order valence-electron chi connectivity index (χ3n) is 3.22. The third-order valence-corrected chi connectivity index (χ3v) is 3.22. The van der Waals surface area contributed by atoms with Gasteiger partial charge in [-0.05, 0) is 40.8 Å². The summed E-state index contributed by atoms with van der Waals surface area (Å²) in [6.45, 7) is 14.3. The Bertz CT molecular complexity index is 208. The van der Waals surface area contributed by atoms with Crippen LogP contribution in [0, 0.1) is 0 Å². The SMILES string of the molecule is C=CNC(C)(C)C1(C)OC1(C)C. The van der Waals surface area contributed by atoms with Crippen molar-refractivity contribution in [2.45, 2.75) is 51.4 Å². The molecule has 70 valence electrons. The lowest BCUT2D eigenvalue weighted by atomic mass is 9.81. The van der Waals surface area contributed by atoms with Gasteiger partial charge in [0, 0.05) is 0 Å². The molecule has 0 bridgehead atoms. The van der Waals surface area contributed by atoms with Crippen molar-refractivity contribution >= 4 is 0 Å². The summed E-state index contributed by atoms with van der Waals surface area (Å²) in [4.78, 5) is 0. The number of hydrogen-bond acceptors (Lipinski definition) is 2. The van der Waals surface area contributed by atoms with E-state index < -0.39 is 0 Å². The molecular formula is C10H19NO. The largest absolute Gasteiger partial charge is 0.383 e. The molecule has 0 aromatic heterocycles. The van der Waals surface area contributed by atoms with Crippen LogP contribution in [-0.4, -0.2) is 16.7 Å². The van der Waals surface area contributed by atoms with Crippen molar-refractivity contribution in [2.75, 3.05) is 0 Å². The van der Waals surface area contributed by atoms with E-state index in [9.17, 15) is 0 Å². The Labute approximate surface area is 75.0 Å². The molecule has 12 heavy (non-hydrogen) atoms. The number of nitrogens with one attached hydrogen (secondary N) is 1. The first-order valence-electron chi connectivity index (χ1n) is 4.36. The molecule has 0 spiro atoms. The van der Waals surface area contributed by atoms with Gasteiger partial charge in [0.25, 0.3) is 0 Å². The Kier molecular flexibility index (Phi) is 1.80. The summed E-state index contributed by atoms with van der Waals surface area (Å²) in [5.41, 5.74) is -0.168. The molecule has 1 atom stereocenters. The predicted molar refractivity (Wildman–Crippen MR) is 51.0 cm³/mol. The van der Waals surface area contributed by atoms with Crippen molar-refractivity contribution in [3.63, 3.8) is 0 Å². The molecule has 0 radical (unpaired) electrons. The van der Waals surface area contributed by atoms with E-state index >= 15 is 0 Å². The monoisotopic (exact) mass is 169 g/mol. The van der Waals surface area contributed by atoms with E-state index in [0.29, 0.717) is 0 Å². The lowest BCUT2D eigenvalue weighted by Gasteiger charge is -2.31. The Hall–Kier alpha value is -0.500. The van der Waals surface area contributed by atoms with Gasteiger partial charge >= 0.3 is 0 Å². The second-order valence-corrected chi connectivity index (χ2v) is 4.62. The van der Waals surface area contributed by atoms with Gasteiger partial charge in [-0.3, -0.25) is 0 Å². The van der Waals surface area contributed by atoms with E-state index in [2.05, 4.69) is 46.5 Å². The minimum absolute atomic E-state index is 0.0213. The van der Waals surface area contributed by atoms with Crippen LogP contribution in [0.2, 0.25) is 0 Å². The molecule has 0 saturated carbocycles. The minimum Gasteiger partial charge on any atom is -0.383 e. The number of hydrogen-bond donors (Lipinski definition) is 1. The van der Waals surface area contributed by atoms with Crippen LogP contribution >= 0.6 is 0 Å². The highest BCUT2D eigenvalue weighted by molar-refractivity contribution is 5.19. The molecule has 1 fully saturated rings. The van der Waals surface area contributed by atoms with Crippen LogP contribution in [0.5, 0.6) is 0 Å². The summed E-state index contributed by atoms with van der Waals surface area (Å²) >= 11 is 0. The summed E-state index contributed by atoms with van der Waals surface area (Å²) in [6.07, 6.45) is 1.73. The lowest BCUT2D eigenvalue weighted by Crippen LogP contribution is -2.50. The maximum Gasteiger partial charge on any atom is 0.117 e. The summed E-state index contributed by atoms with van der Waals surface area (Å²) in [5.74, 6) is 0. The van der Waals surface area contributed by atoms with Crippen molar-refractivity contribution in [3.05, 3.63) is 12.8 Å². The van der Waals surface area contributed by atoms with Crippen molar-refractivity contribution < 1.29 is 4.74 Å². The summed E-state index contributed by atoms with van der Waals surface area (Å²) in [5, 5.41) is 3.22. The van der Waals surface area contributed by atoms with E-state index in [1.54, 1.807) is 6.20 Å². The molecular weight excluding hydrogens is 150 g/mol. The first kappa shape index (κ1) is 9.59. The Morgan fingerprint density at radius 1 is 1.33 bits per heavy atom. The van der Waals surface area contributed by atoms with Crippen LogP contribution in [-0.2, 0) is 4.74 Å². The van der Waals surface area contributed by atoms with Crippen LogP contribution in [0.3, 0.4) is 0 Å². The van der Waals surface area contributed by atoms with E-state index in [4.69, 9.17) is 4.74 Å². The second kappa shape index (κ2) is 2.25. The van der Waals surface area contributed by atoms with Gasteiger partial charge in [-0.2, -0.15) is 0 Å². The van der Waals surface area contributed by atoms with Gasteiger partial charge in [0.15, 0.2) is 0 Å². The fraction of sp³-hybridized carbons (Fsp3) is 0.800. The van der Waals surface area contributed by atoms with Crippen molar-refractivity contribution in [3.8, 4) is 0 Å². The van der Waals surface area contributed by atoms with Crippen molar-refractivity contribution in [2.24, 2.45) is 0 Å². The topological polar surface area (TPSA) is 24.6 Å². The molecule has 2 nitrogen and oxygen atoms in total. The highest BCUT2D eigenvalue weighted by Crippen LogP contribution is 2.53. The van der Waals surface area contributed by atoms with E-state index in [1.165, 1.54) is 0 Å². The fourth-order valence-electron chi connectivity index (χ4n) is 1.76. The van der Waals surface area contributed by atoms with Crippen molar-refractivity contribution in [1.29, 1.82) is 0 Å². The maximum absolute atomic E-state index is 5.70. The van der Waals surface area contributed by atoms with E-state index in [0.717, 1.165) is 0 Å². The first-order valence-corrected chi connectivity index (χ1v) is 4.36. The lowest BCUT2D eigenvalue weighted by molar-refractivity contribution is 0.199. The predicted octanol–water partition coefficient (Wildman–Crippen LogP) is 2.07. The number of ether oxygens (including phenoxy) is 1. The molecule has 1 rings (SSSR count). The molecule has 1 aliphatic heterocycles. The minimum atomic E-state index is -0.0891. The van der Waals surface area contributed by atoms with Gasteiger partial charge in [-0.25, -0.2) is 0 Å². The first-order chi connectivity index (χ1) is 5.27. The van der Waals surface area contributed by atoms with Crippen LogP contribution in [0.25, 0.3) is 0 Å². The van der Waals surface area contributed by atoms with Crippen LogP contribution in [0.1, 0.15) is 34.6 Å². The molecule has 1 saturated heterocycles.